The van der Waals surface area contributed by atoms with Gasteiger partial charge in [-0.15, -0.1) is 16.9 Å². The Morgan fingerprint density at radius 1 is 1.45 bits per heavy atom. The number of esters is 1. The summed E-state index contributed by atoms with van der Waals surface area (Å²) in [4.78, 5) is 18.6. The number of aryl methyl sites for hydroxylation is 1. The molecule has 0 saturated carbocycles. The SMILES string of the molecule is COC(=O)CC(C)Sc1cc(C)nc2nc(C(F)(F)F)nn12. The second kappa shape index (κ2) is 6.11. The standard InChI is InChI=1S/C12H13F3N4O2S/c1-6-4-8(22-7(2)5-9(20)21-3)19-11(16-6)17-10(18-19)12(13,14)15/h4,7H,5H2,1-3H3. The van der Waals surface area contributed by atoms with Gasteiger partial charge in [0.1, 0.15) is 5.03 Å². The molecule has 0 radical (unpaired) electrons. The number of alkyl halides is 3. The molecule has 0 aliphatic heterocycles. The van der Waals surface area contributed by atoms with Crippen molar-refractivity contribution in [2.75, 3.05) is 7.11 Å². The lowest BCUT2D eigenvalue weighted by atomic mass is 10.3. The molecule has 0 saturated heterocycles. The molecule has 0 aliphatic rings. The van der Waals surface area contributed by atoms with Gasteiger partial charge in [-0.1, -0.05) is 6.92 Å². The average Bonchev–Trinajstić information content (AvgIpc) is 2.82. The van der Waals surface area contributed by atoms with E-state index in [-0.39, 0.29) is 17.4 Å². The van der Waals surface area contributed by atoms with E-state index in [2.05, 4.69) is 19.8 Å². The van der Waals surface area contributed by atoms with Crippen LogP contribution in [-0.4, -0.2) is 37.9 Å². The predicted molar refractivity (Wildman–Crippen MR) is 72.5 cm³/mol. The Morgan fingerprint density at radius 2 is 2.14 bits per heavy atom. The molecule has 0 N–H and O–H groups in total. The molecule has 0 aromatic carbocycles. The fourth-order valence-electron chi connectivity index (χ4n) is 1.72. The van der Waals surface area contributed by atoms with E-state index in [9.17, 15) is 18.0 Å². The first-order valence-corrected chi connectivity index (χ1v) is 7.13. The van der Waals surface area contributed by atoms with Gasteiger partial charge in [-0.3, -0.25) is 4.79 Å². The molecule has 0 bridgehead atoms. The van der Waals surface area contributed by atoms with Crippen LogP contribution in [0.2, 0.25) is 0 Å². The van der Waals surface area contributed by atoms with Crippen LogP contribution in [0, 0.1) is 6.92 Å². The Kier molecular flexibility index (Phi) is 4.59. The second-order valence-electron chi connectivity index (χ2n) is 4.59. The molecular formula is C12H13F3N4O2S. The van der Waals surface area contributed by atoms with Crippen molar-refractivity contribution < 1.29 is 22.7 Å². The van der Waals surface area contributed by atoms with Crippen molar-refractivity contribution in [3.05, 3.63) is 17.6 Å². The van der Waals surface area contributed by atoms with E-state index in [1.54, 1.807) is 19.9 Å². The summed E-state index contributed by atoms with van der Waals surface area (Å²) < 4.78 is 43.7. The zero-order valence-corrected chi connectivity index (χ0v) is 12.8. The number of nitrogens with zero attached hydrogens (tertiary/aromatic N) is 4. The van der Waals surface area contributed by atoms with Gasteiger partial charge in [0, 0.05) is 10.9 Å². The van der Waals surface area contributed by atoms with Gasteiger partial charge in [-0.25, -0.2) is 4.98 Å². The zero-order chi connectivity index (χ0) is 16.5. The van der Waals surface area contributed by atoms with Gasteiger partial charge in [-0.2, -0.15) is 22.7 Å². The highest BCUT2D eigenvalue weighted by atomic mass is 32.2. The lowest BCUT2D eigenvalue weighted by Crippen LogP contribution is -2.10. The van der Waals surface area contributed by atoms with E-state index in [0.717, 1.165) is 4.52 Å². The fourth-order valence-corrected chi connectivity index (χ4v) is 2.82. The number of rotatable bonds is 4. The first-order chi connectivity index (χ1) is 10.2. The van der Waals surface area contributed by atoms with E-state index >= 15 is 0 Å². The number of carbonyl (C=O) groups excluding carboxylic acids is 1. The van der Waals surface area contributed by atoms with Crippen LogP contribution in [0.5, 0.6) is 0 Å². The Balaban J connectivity index is 2.36. The molecular weight excluding hydrogens is 321 g/mol. The number of aromatic nitrogens is 4. The van der Waals surface area contributed by atoms with E-state index in [0.29, 0.717) is 10.7 Å². The minimum atomic E-state index is -4.64. The highest BCUT2D eigenvalue weighted by Gasteiger charge is 2.37. The van der Waals surface area contributed by atoms with Gasteiger partial charge in [0.2, 0.25) is 0 Å². The summed E-state index contributed by atoms with van der Waals surface area (Å²) in [6.45, 7) is 3.42. The van der Waals surface area contributed by atoms with E-state index in [1.165, 1.54) is 18.9 Å². The topological polar surface area (TPSA) is 69.4 Å². The number of halogens is 3. The minimum Gasteiger partial charge on any atom is -0.469 e. The maximum atomic E-state index is 12.7. The van der Waals surface area contributed by atoms with Crippen LogP contribution < -0.4 is 0 Å². The summed E-state index contributed by atoms with van der Waals surface area (Å²) in [7, 11) is 1.28. The molecule has 10 heteroatoms. The van der Waals surface area contributed by atoms with Gasteiger partial charge in [-0.05, 0) is 13.0 Å². The van der Waals surface area contributed by atoms with E-state index in [1.807, 2.05) is 0 Å². The minimum absolute atomic E-state index is 0.125. The van der Waals surface area contributed by atoms with Crippen LogP contribution >= 0.6 is 11.8 Å². The Bertz CT molecular complexity index is 701. The van der Waals surface area contributed by atoms with Crippen molar-refractivity contribution in [3.63, 3.8) is 0 Å². The van der Waals surface area contributed by atoms with E-state index in [4.69, 9.17) is 0 Å². The molecule has 6 nitrogen and oxygen atoms in total. The predicted octanol–water partition coefficient (Wildman–Crippen LogP) is 2.50. The maximum absolute atomic E-state index is 12.7. The number of hydrogen-bond acceptors (Lipinski definition) is 6. The molecule has 0 amide bonds. The van der Waals surface area contributed by atoms with Gasteiger partial charge in [0.25, 0.3) is 11.6 Å². The van der Waals surface area contributed by atoms with Crippen LogP contribution in [0.3, 0.4) is 0 Å². The molecule has 22 heavy (non-hydrogen) atoms. The van der Waals surface area contributed by atoms with Gasteiger partial charge >= 0.3 is 12.1 Å². The monoisotopic (exact) mass is 334 g/mol. The summed E-state index contributed by atoms with van der Waals surface area (Å²) in [6.07, 6.45) is -4.51. The van der Waals surface area contributed by atoms with Crippen molar-refractivity contribution in [1.82, 2.24) is 19.6 Å². The smallest absolute Gasteiger partial charge is 0.453 e. The van der Waals surface area contributed by atoms with Crippen molar-refractivity contribution in [2.24, 2.45) is 0 Å². The third kappa shape index (κ3) is 3.67. The lowest BCUT2D eigenvalue weighted by Gasteiger charge is -2.10. The van der Waals surface area contributed by atoms with Crippen molar-refractivity contribution in [2.45, 2.75) is 36.7 Å². The van der Waals surface area contributed by atoms with Crippen LogP contribution in [-0.2, 0) is 15.7 Å². The van der Waals surface area contributed by atoms with Crippen molar-refractivity contribution in [1.29, 1.82) is 0 Å². The first-order valence-electron chi connectivity index (χ1n) is 6.26. The molecule has 1 atom stereocenters. The molecule has 2 aromatic heterocycles. The third-order valence-electron chi connectivity index (χ3n) is 2.66. The number of fused-ring (bicyclic) bond motifs is 1. The maximum Gasteiger partial charge on any atom is 0.453 e. The number of thioether (sulfide) groups is 1. The molecule has 0 spiro atoms. The normalized spacial score (nSPS) is 13.4. The fraction of sp³-hybridized carbons (Fsp3) is 0.500. The molecule has 0 fully saturated rings. The number of carbonyl (C=O) groups is 1. The molecule has 2 rings (SSSR count). The van der Waals surface area contributed by atoms with Crippen LogP contribution in [0.1, 0.15) is 24.9 Å². The molecule has 120 valence electrons. The van der Waals surface area contributed by atoms with Gasteiger partial charge in [0.05, 0.1) is 13.5 Å². The quantitative estimate of drug-likeness (QED) is 0.486. The summed E-state index contributed by atoms with van der Waals surface area (Å²) >= 11 is 1.21. The number of methoxy groups -OCH3 is 1. The first kappa shape index (κ1) is 16.5. The lowest BCUT2D eigenvalue weighted by molar-refractivity contribution is -0.144. The summed E-state index contributed by atoms with van der Waals surface area (Å²) in [5, 5.41) is 3.69. The Morgan fingerprint density at radius 3 is 2.73 bits per heavy atom. The van der Waals surface area contributed by atoms with Crippen LogP contribution in [0.15, 0.2) is 11.1 Å². The van der Waals surface area contributed by atoms with Crippen molar-refractivity contribution in [3.8, 4) is 0 Å². The summed E-state index contributed by atoms with van der Waals surface area (Å²) in [5.41, 5.74) is 0.515. The number of hydrogen-bond donors (Lipinski definition) is 0. The summed E-state index contributed by atoms with van der Waals surface area (Å²) in [6, 6.07) is 1.60. The van der Waals surface area contributed by atoms with Crippen LogP contribution in [0.4, 0.5) is 13.2 Å². The highest BCUT2D eigenvalue weighted by molar-refractivity contribution is 7.99. The average molecular weight is 334 g/mol. The van der Waals surface area contributed by atoms with Crippen LogP contribution in [0.25, 0.3) is 5.78 Å². The van der Waals surface area contributed by atoms with Gasteiger partial charge < -0.3 is 4.74 Å². The Hall–Kier alpha value is -1.84. The van der Waals surface area contributed by atoms with E-state index < -0.39 is 18.0 Å². The van der Waals surface area contributed by atoms with Crippen molar-refractivity contribution >= 4 is 23.5 Å². The molecule has 2 heterocycles. The molecule has 0 aliphatic carbocycles. The second-order valence-corrected chi connectivity index (χ2v) is 6.05. The highest BCUT2D eigenvalue weighted by Crippen LogP contribution is 2.29. The molecule has 1 unspecified atom stereocenters. The zero-order valence-electron chi connectivity index (χ0n) is 12.0. The Labute approximate surface area is 128 Å². The summed E-state index contributed by atoms with van der Waals surface area (Å²) in [5.74, 6) is -1.76. The van der Waals surface area contributed by atoms with Gasteiger partial charge in [0.15, 0.2) is 0 Å². The largest absolute Gasteiger partial charge is 0.469 e. The third-order valence-corrected chi connectivity index (χ3v) is 3.77. The number of ether oxygens (including phenoxy) is 1. The molecule has 2 aromatic rings.